The molecule has 2 N–H and O–H groups in total. The van der Waals surface area contributed by atoms with Crippen molar-refractivity contribution in [1.82, 2.24) is 4.31 Å². The molecule has 0 unspecified atom stereocenters. The Morgan fingerprint density at radius 1 is 1.33 bits per heavy atom. The summed E-state index contributed by atoms with van der Waals surface area (Å²) < 4.78 is 30.3. The van der Waals surface area contributed by atoms with Crippen molar-refractivity contribution in [2.75, 3.05) is 14.1 Å². The SMILES string of the molecule is C[C@H](OC(=O)c1cc(S(=O)(=O)N(C)C)ccc1Br)C(N)=O. The molecule has 0 aliphatic heterocycles. The molecule has 21 heavy (non-hydrogen) atoms. The molecule has 0 aliphatic carbocycles. The van der Waals surface area contributed by atoms with E-state index >= 15 is 0 Å². The van der Waals surface area contributed by atoms with Crippen molar-refractivity contribution in [2.24, 2.45) is 5.73 Å². The van der Waals surface area contributed by atoms with Gasteiger partial charge < -0.3 is 10.5 Å². The van der Waals surface area contributed by atoms with Crippen molar-refractivity contribution in [3.8, 4) is 0 Å². The van der Waals surface area contributed by atoms with Gasteiger partial charge in [0.05, 0.1) is 10.5 Å². The molecule has 0 fully saturated rings. The fraction of sp³-hybridized carbons (Fsp3) is 0.333. The second-order valence-electron chi connectivity index (χ2n) is 4.38. The van der Waals surface area contributed by atoms with Gasteiger partial charge in [0, 0.05) is 18.6 Å². The summed E-state index contributed by atoms with van der Waals surface area (Å²) in [6.45, 7) is 1.33. The van der Waals surface area contributed by atoms with Crippen LogP contribution in [-0.2, 0) is 19.6 Å². The monoisotopic (exact) mass is 378 g/mol. The van der Waals surface area contributed by atoms with E-state index in [1.54, 1.807) is 0 Å². The second-order valence-corrected chi connectivity index (χ2v) is 7.39. The molecule has 0 aromatic heterocycles. The molecule has 0 bridgehead atoms. The predicted octanol–water partition coefficient (Wildman–Crippen LogP) is 0.730. The van der Waals surface area contributed by atoms with E-state index in [1.807, 2.05) is 0 Å². The molecule has 116 valence electrons. The Kier molecular flexibility index (Phi) is 5.48. The highest BCUT2D eigenvalue weighted by atomic mass is 79.9. The van der Waals surface area contributed by atoms with Gasteiger partial charge in [0.15, 0.2) is 6.10 Å². The van der Waals surface area contributed by atoms with Gasteiger partial charge in [0.2, 0.25) is 10.0 Å². The summed E-state index contributed by atoms with van der Waals surface area (Å²) in [5.74, 6) is -1.64. The van der Waals surface area contributed by atoms with Crippen LogP contribution in [0.2, 0.25) is 0 Å². The molecular formula is C12H15BrN2O5S. The van der Waals surface area contributed by atoms with E-state index in [0.717, 1.165) is 4.31 Å². The number of primary amides is 1. The molecular weight excluding hydrogens is 364 g/mol. The minimum atomic E-state index is -3.68. The van der Waals surface area contributed by atoms with Crippen LogP contribution in [0.4, 0.5) is 0 Å². The average molecular weight is 379 g/mol. The van der Waals surface area contributed by atoms with E-state index in [1.165, 1.54) is 39.2 Å². The standard InChI is InChI=1S/C12H15BrN2O5S/c1-7(11(14)16)20-12(17)9-6-8(4-5-10(9)13)21(18,19)15(2)3/h4-7H,1-3H3,(H2,14,16)/t7-/m0/s1. The predicted molar refractivity (Wildman–Crippen MR) is 79.1 cm³/mol. The first-order valence-corrected chi connectivity index (χ1v) is 8.03. The summed E-state index contributed by atoms with van der Waals surface area (Å²) >= 11 is 3.14. The molecule has 0 heterocycles. The van der Waals surface area contributed by atoms with Crippen molar-refractivity contribution >= 4 is 37.8 Å². The molecule has 1 aromatic carbocycles. The van der Waals surface area contributed by atoms with Crippen LogP contribution in [0.15, 0.2) is 27.6 Å². The zero-order chi connectivity index (χ0) is 16.4. The van der Waals surface area contributed by atoms with Crippen LogP contribution in [0, 0.1) is 0 Å². The number of amides is 1. The van der Waals surface area contributed by atoms with E-state index in [4.69, 9.17) is 10.5 Å². The third-order valence-electron chi connectivity index (χ3n) is 2.62. The van der Waals surface area contributed by atoms with Crippen LogP contribution in [0.25, 0.3) is 0 Å². The Labute approximate surface area is 131 Å². The maximum absolute atomic E-state index is 12.0. The quantitative estimate of drug-likeness (QED) is 0.759. The first-order chi connectivity index (χ1) is 9.57. The van der Waals surface area contributed by atoms with Crippen LogP contribution in [0.1, 0.15) is 17.3 Å². The van der Waals surface area contributed by atoms with Crippen molar-refractivity contribution in [3.05, 3.63) is 28.2 Å². The van der Waals surface area contributed by atoms with Crippen molar-refractivity contribution in [3.63, 3.8) is 0 Å². The van der Waals surface area contributed by atoms with Gasteiger partial charge in [-0.2, -0.15) is 0 Å². The fourth-order valence-electron chi connectivity index (χ4n) is 1.31. The van der Waals surface area contributed by atoms with Gasteiger partial charge >= 0.3 is 5.97 Å². The average Bonchev–Trinajstić information content (AvgIpc) is 2.38. The zero-order valence-corrected chi connectivity index (χ0v) is 14.1. The maximum Gasteiger partial charge on any atom is 0.340 e. The minimum Gasteiger partial charge on any atom is -0.449 e. The van der Waals surface area contributed by atoms with E-state index in [9.17, 15) is 18.0 Å². The Morgan fingerprint density at radius 2 is 1.90 bits per heavy atom. The van der Waals surface area contributed by atoms with E-state index < -0.39 is 28.0 Å². The zero-order valence-electron chi connectivity index (χ0n) is 11.7. The van der Waals surface area contributed by atoms with Gasteiger partial charge in [0.25, 0.3) is 5.91 Å². The number of esters is 1. The molecule has 9 heteroatoms. The lowest BCUT2D eigenvalue weighted by Crippen LogP contribution is -2.30. The van der Waals surface area contributed by atoms with Crippen molar-refractivity contribution in [2.45, 2.75) is 17.9 Å². The first-order valence-electron chi connectivity index (χ1n) is 5.79. The van der Waals surface area contributed by atoms with Gasteiger partial charge in [-0.15, -0.1) is 0 Å². The summed E-state index contributed by atoms with van der Waals surface area (Å²) in [5, 5.41) is 0. The number of hydrogen-bond donors (Lipinski definition) is 1. The number of carbonyl (C=O) groups is 2. The molecule has 1 rings (SSSR count). The van der Waals surface area contributed by atoms with Crippen molar-refractivity contribution < 1.29 is 22.7 Å². The summed E-state index contributed by atoms with van der Waals surface area (Å²) in [6.07, 6.45) is -1.11. The number of halogens is 1. The number of rotatable bonds is 5. The third-order valence-corrected chi connectivity index (χ3v) is 5.12. The Morgan fingerprint density at radius 3 is 2.38 bits per heavy atom. The van der Waals surface area contributed by atoms with Gasteiger partial charge in [-0.1, -0.05) is 0 Å². The van der Waals surface area contributed by atoms with Gasteiger partial charge in [-0.25, -0.2) is 17.5 Å². The number of sulfonamides is 1. The highest BCUT2D eigenvalue weighted by molar-refractivity contribution is 9.10. The number of carbonyl (C=O) groups excluding carboxylic acids is 2. The molecule has 0 radical (unpaired) electrons. The topological polar surface area (TPSA) is 107 Å². The highest BCUT2D eigenvalue weighted by Crippen LogP contribution is 2.23. The van der Waals surface area contributed by atoms with Gasteiger partial charge in [-0.05, 0) is 41.1 Å². The lowest BCUT2D eigenvalue weighted by Gasteiger charge is -2.14. The molecule has 1 atom stereocenters. The number of hydrogen-bond acceptors (Lipinski definition) is 5. The lowest BCUT2D eigenvalue weighted by molar-refractivity contribution is -0.125. The molecule has 7 nitrogen and oxygen atoms in total. The fourth-order valence-corrected chi connectivity index (χ4v) is 2.65. The lowest BCUT2D eigenvalue weighted by atomic mass is 10.2. The van der Waals surface area contributed by atoms with Gasteiger partial charge in [-0.3, -0.25) is 4.79 Å². The van der Waals surface area contributed by atoms with Crippen LogP contribution in [-0.4, -0.2) is 44.8 Å². The van der Waals surface area contributed by atoms with Crippen LogP contribution >= 0.6 is 15.9 Å². The normalized spacial score (nSPS) is 13.0. The number of nitrogens with two attached hydrogens (primary N) is 1. The molecule has 1 amide bonds. The Hall–Kier alpha value is -1.45. The molecule has 0 saturated heterocycles. The third kappa shape index (κ3) is 4.02. The van der Waals surface area contributed by atoms with Crippen LogP contribution in [0.3, 0.4) is 0 Å². The molecule has 0 aliphatic rings. The van der Waals surface area contributed by atoms with Crippen LogP contribution < -0.4 is 5.73 Å². The summed E-state index contributed by atoms with van der Waals surface area (Å²) in [6, 6.07) is 3.95. The van der Waals surface area contributed by atoms with Gasteiger partial charge in [0.1, 0.15) is 0 Å². The molecule has 1 aromatic rings. The highest BCUT2D eigenvalue weighted by Gasteiger charge is 2.23. The smallest absolute Gasteiger partial charge is 0.340 e. The summed E-state index contributed by atoms with van der Waals surface area (Å²) in [5.41, 5.74) is 5.00. The Bertz CT molecular complexity index is 672. The summed E-state index contributed by atoms with van der Waals surface area (Å²) in [4.78, 5) is 22.8. The first kappa shape index (κ1) is 17.6. The van der Waals surface area contributed by atoms with E-state index in [2.05, 4.69) is 15.9 Å². The number of nitrogens with zero attached hydrogens (tertiary/aromatic N) is 1. The van der Waals surface area contributed by atoms with E-state index in [0.29, 0.717) is 4.47 Å². The maximum atomic E-state index is 12.0. The van der Waals surface area contributed by atoms with Crippen LogP contribution in [0.5, 0.6) is 0 Å². The number of benzene rings is 1. The molecule has 0 saturated carbocycles. The largest absolute Gasteiger partial charge is 0.449 e. The van der Waals surface area contributed by atoms with Crippen molar-refractivity contribution in [1.29, 1.82) is 0 Å². The molecule has 0 spiro atoms. The summed E-state index contributed by atoms with van der Waals surface area (Å²) in [7, 11) is -0.922. The minimum absolute atomic E-state index is 0.00831. The Balaban J connectivity index is 3.20. The number of ether oxygens (including phenoxy) is 1. The second kappa shape index (κ2) is 6.54. The van der Waals surface area contributed by atoms with E-state index in [-0.39, 0.29) is 10.5 Å².